The Labute approximate surface area is 93.7 Å². The second-order valence-electron chi connectivity index (χ2n) is 2.88. The van der Waals surface area contributed by atoms with Gasteiger partial charge in [-0.15, -0.1) is 11.3 Å². The van der Waals surface area contributed by atoms with Crippen LogP contribution in [-0.2, 0) is 0 Å². The fourth-order valence-corrected chi connectivity index (χ4v) is 2.82. The van der Waals surface area contributed by atoms with Gasteiger partial charge in [-0.3, -0.25) is 0 Å². The Balaban J connectivity index is 2.54. The van der Waals surface area contributed by atoms with E-state index in [1.165, 1.54) is 12.1 Å². The molecule has 0 saturated carbocycles. The van der Waals surface area contributed by atoms with Crippen molar-refractivity contribution in [3.8, 4) is 11.3 Å². The zero-order valence-corrected chi connectivity index (χ0v) is 9.82. The molecule has 0 N–H and O–H groups in total. The largest absolute Gasteiger partial charge is 0.229 e. The minimum atomic E-state index is -0.231. The monoisotopic (exact) mass is 271 g/mol. The van der Waals surface area contributed by atoms with E-state index in [2.05, 4.69) is 20.9 Å². The molecule has 0 saturated heterocycles. The molecule has 0 atom stereocenters. The molecule has 1 nitrogen and oxygen atoms in total. The molecule has 0 aliphatic rings. The van der Waals surface area contributed by atoms with Crippen LogP contribution in [0.5, 0.6) is 0 Å². The summed E-state index contributed by atoms with van der Waals surface area (Å²) in [6, 6.07) is 6.48. The Morgan fingerprint density at radius 2 is 2.21 bits per heavy atom. The predicted octanol–water partition coefficient (Wildman–Crippen LogP) is 4.02. The summed E-state index contributed by atoms with van der Waals surface area (Å²) in [5.41, 5.74) is 1.67. The molecule has 0 aliphatic carbocycles. The Hall–Kier alpha value is -0.740. The molecule has 72 valence electrons. The van der Waals surface area contributed by atoms with Crippen LogP contribution in [0.3, 0.4) is 0 Å². The van der Waals surface area contributed by atoms with E-state index in [-0.39, 0.29) is 5.82 Å². The van der Waals surface area contributed by atoms with E-state index in [1.54, 1.807) is 17.4 Å². The molecular formula is C10H7BrFNS. The third kappa shape index (κ3) is 1.86. The van der Waals surface area contributed by atoms with Crippen molar-refractivity contribution in [2.45, 2.75) is 6.92 Å². The number of benzene rings is 1. The highest BCUT2D eigenvalue weighted by molar-refractivity contribution is 9.11. The van der Waals surface area contributed by atoms with Crippen LogP contribution < -0.4 is 0 Å². The first-order valence-corrected chi connectivity index (χ1v) is 5.66. The topological polar surface area (TPSA) is 12.9 Å². The Kier molecular flexibility index (Phi) is 2.65. The van der Waals surface area contributed by atoms with Crippen molar-refractivity contribution >= 4 is 27.3 Å². The van der Waals surface area contributed by atoms with Gasteiger partial charge >= 0.3 is 0 Å². The van der Waals surface area contributed by atoms with Crippen molar-refractivity contribution in [2.24, 2.45) is 0 Å². The van der Waals surface area contributed by atoms with E-state index < -0.39 is 0 Å². The smallest absolute Gasteiger partial charge is 0.160 e. The second-order valence-corrected chi connectivity index (χ2v) is 5.36. The number of nitrogens with zero attached hydrogens (tertiary/aromatic N) is 1. The summed E-state index contributed by atoms with van der Waals surface area (Å²) < 4.78 is 13.8. The van der Waals surface area contributed by atoms with E-state index in [0.29, 0.717) is 0 Å². The van der Waals surface area contributed by atoms with Crippen molar-refractivity contribution in [1.29, 1.82) is 0 Å². The van der Waals surface area contributed by atoms with Gasteiger partial charge in [0.2, 0.25) is 0 Å². The molecule has 4 heteroatoms. The van der Waals surface area contributed by atoms with Crippen LogP contribution in [0, 0.1) is 12.7 Å². The van der Waals surface area contributed by atoms with Crippen LogP contribution in [-0.4, -0.2) is 4.98 Å². The van der Waals surface area contributed by atoms with Gasteiger partial charge in [0.1, 0.15) is 5.82 Å². The number of halogens is 2. The normalized spacial score (nSPS) is 10.5. The molecule has 1 aromatic heterocycles. The lowest BCUT2D eigenvalue weighted by atomic mass is 10.1. The highest BCUT2D eigenvalue weighted by atomic mass is 79.9. The molecule has 0 amide bonds. The van der Waals surface area contributed by atoms with E-state index in [1.807, 2.05) is 13.0 Å². The molecule has 14 heavy (non-hydrogen) atoms. The summed E-state index contributed by atoms with van der Waals surface area (Å²) in [6.07, 6.45) is 0. The lowest BCUT2D eigenvalue weighted by Gasteiger charge is -1.97. The first-order chi connectivity index (χ1) is 6.66. The molecule has 2 aromatic rings. The van der Waals surface area contributed by atoms with Gasteiger partial charge in [0.15, 0.2) is 3.92 Å². The standard InChI is InChI=1S/C10H7BrFNS/c1-6-9(13-10(11)14-6)7-3-2-4-8(12)5-7/h2-5H,1H3. The van der Waals surface area contributed by atoms with E-state index >= 15 is 0 Å². The number of aromatic nitrogens is 1. The van der Waals surface area contributed by atoms with Gasteiger partial charge in [-0.05, 0) is 35.0 Å². The SMILES string of the molecule is Cc1sc(Br)nc1-c1cccc(F)c1. The quantitative estimate of drug-likeness (QED) is 0.764. The molecule has 1 aromatic carbocycles. The summed E-state index contributed by atoms with van der Waals surface area (Å²) in [7, 11) is 0. The number of hydrogen-bond donors (Lipinski definition) is 0. The fraction of sp³-hybridized carbons (Fsp3) is 0.100. The molecule has 0 radical (unpaired) electrons. The van der Waals surface area contributed by atoms with Gasteiger partial charge in [-0.1, -0.05) is 12.1 Å². The number of aryl methyl sites for hydroxylation is 1. The Morgan fingerprint density at radius 1 is 1.43 bits per heavy atom. The van der Waals surface area contributed by atoms with Crippen molar-refractivity contribution in [2.75, 3.05) is 0 Å². The van der Waals surface area contributed by atoms with Gasteiger partial charge in [0, 0.05) is 10.4 Å². The highest BCUT2D eigenvalue weighted by Crippen LogP contribution is 2.30. The van der Waals surface area contributed by atoms with Gasteiger partial charge < -0.3 is 0 Å². The molecule has 0 fully saturated rings. The highest BCUT2D eigenvalue weighted by Gasteiger charge is 2.08. The number of hydrogen-bond acceptors (Lipinski definition) is 2. The van der Waals surface area contributed by atoms with Gasteiger partial charge in [-0.25, -0.2) is 9.37 Å². The fourth-order valence-electron chi connectivity index (χ4n) is 1.27. The molecular weight excluding hydrogens is 265 g/mol. The summed E-state index contributed by atoms with van der Waals surface area (Å²) in [6.45, 7) is 1.97. The lowest BCUT2D eigenvalue weighted by Crippen LogP contribution is -1.81. The van der Waals surface area contributed by atoms with Gasteiger partial charge in [0.05, 0.1) is 5.69 Å². The van der Waals surface area contributed by atoms with Crippen molar-refractivity contribution in [3.05, 3.63) is 38.9 Å². The Bertz CT molecular complexity index is 467. The maximum absolute atomic E-state index is 13.0. The zero-order valence-electron chi connectivity index (χ0n) is 7.42. The summed E-state index contributed by atoms with van der Waals surface area (Å²) >= 11 is 4.87. The average Bonchev–Trinajstić information content (AvgIpc) is 2.45. The van der Waals surface area contributed by atoms with Gasteiger partial charge in [0.25, 0.3) is 0 Å². The van der Waals surface area contributed by atoms with Crippen molar-refractivity contribution in [1.82, 2.24) is 4.98 Å². The van der Waals surface area contributed by atoms with E-state index in [4.69, 9.17) is 0 Å². The van der Waals surface area contributed by atoms with Crippen LogP contribution in [0.15, 0.2) is 28.2 Å². The zero-order chi connectivity index (χ0) is 10.1. The van der Waals surface area contributed by atoms with Crippen molar-refractivity contribution in [3.63, 3.8) is 0 Å². The third-order valence-corrected chi connectivity index (χ3v) is 3.29. The minimum absolute atomic E-state index is 0.231. The van der Waals surface area contributed by atoms with E-state index in [0.717, 1.165) is 20.1 Å². The van der Waals surface area contributed by atoms with Crippen LogP contribution in [0.2, 0.25) is 0 Å². The van der Waals surface area contributed by atoms with Crippen LogP contribution in [0.1, 0.15) is 4.88 Å². The third-order valence-electron chi connectivity index (χ3n) is 1.87. The van der Waals surface area contributed by atoms with Crippen molar-refractivity contribution < 1.29 is 4.39 Å². The minimum Gasteiger partial charge on any atom is -0.229 e. The average molecular weight is 272 g/mol. The number of rotatable bonds is 1. The maximum Gasteiger partial charge on any atom is 0.160 e. The molecule has 0 aliphatic heterocycles. The lowest BCUT2D eigenvalue weighted by molar-refractivity contribution is 0.628. The number of thiazole rings is 1. The van der Waals surface area contributed by atoms with Crippen LogP contribution >= 0.6 is 27.3 Å². The molecule has 2 rings (SSSR count). The van der Waals surface area contributed by atoms with Gasteiger partial charge in [-0.2, -0.15) is 0 Å². The Morgan fingerprint density at radius 3 is 2.79 bits per heavy atom. The molecule has 0 unspecified atom stereocenters. The summed E-state index contributed by atoms with van der Waals surface area (Å²) in [4.78, 5) is 5.38. The molecule has 1 heterocycles. The summed E-state index contributed by atoms with van der Waals surface area (Å²) in [5.74, 6) is -0.231. The summed E-state index contributed by atoms with van der Waals surface area (Å²) in [5, 5.41) is 0. The van der Waals surface area contributed by atoms with E-state index in [9.17, 15) is 4.39 Å². The predicted molar refractivity (Wildman–Crippen MR) is 59.9 cm³/mol. The first-order valence-electron chi connectivity index (χ1n) is 4.05. The van der Waals surface area contributed by atoms with Crippen LogP contribution in [0.4, 0.5) is 4.39 Å². The second kappa shape index (κ2) is 3.79. The molecule has 0 bridgehead atoms. The first kappa shape index (κ1) is 9.80. The maximum atomic E-state index is 13.0. The molecule has 0 spiro atoms. The van der Waals surface area contributed by atoms with Crippen LogP contribution in [0.25, 0.3) is 11.3 Å².